The predicted molar refractivity (Wildman–Crippen MR) is 83.0 cm³/mol. The van der Waals surface area contributed by atoms with Crippen molar-refractivity contribution in [3.63, 3.8) is 0 Å². The molecule has 19 heavy (non-hydrogen) atoms. The third-order valence-corrected chi connectivity index (χ3v) is 3.71. The minimum absolute atomic E-state index is 0.224. The standard InChI is InChI=1S/C15H13FINO/c1-9-3-4-10(2)14(7-9)18-15(19)12-6-5-11(16)8-13(12)17/h3-8H,1-2H3,(H,18,19). The van der Waals surface area contributed by atoms with Crippen molar-refractivity contribution >= 4 is 34.2 Å². The number of rotatable bonds is 2. The molecule has 0 unspecified atom stereocenters. The van der Waals surface area contributed by atoms with Crippen LogP contribution in [0.5, 0.6) is 0 Å². The van der Waals surface area contributed by atoms with Crippen LogP contribution >= 0.6 is 22.6 Å². The quantitative estimate of drug-likeness (QED) is 0.786. The zero-order valence-electron chi connectivity index (χ0n) is 10.6. The maximum absolute atomic E-state index is 13.0. The fourth-order valence-corrected chi connectivity index (χ4v) is 2.46. The molecule has 2 nitrogen and oxygen atoms in total. The molecule has 2 aromatic carbocycles. The molecule has 0 aliphatic rings. The molecule has 0 bridgehead atoms. The number of hydrogen-bond acceptors (Lipinski definition) is 1. The third kappa shape index (κ3) is 3.32. The number of amides is 1. The minimum Gasteiger partial charge on any atom is -0.322 e. The van der Waals surface area contributed by atoms with Gasteiger partial charge >= 0.3 is 0 Å². The summed E-state index contributed by atoms with van der Waals surface area (Å²) in [6, 6.07) is 10.0. The molecule has 0 aliphatic heterocycles. The molecule has 0 aromatic heterocycles. The summed E-state index contributed by atoms with van der Waals surface area (Å²) in [4.78, 5) is 12.2. The lowest BCUT2D eigenvalue weighted by Crippen LogP contribution is -2.14. The largest absolute Gasteiger partial charge is 0.322 e. The van der Waals surface area contributed by atoms with Crippen molar-refractivity contribution in [2.75, 3.05) is 5.32 Å². The van der Waals surface area contributed by atoms with Crippen molar-refractivity contribution in [1.29, 1.82) is 0 Å². The summed E-state index contributed by atoms with van der Waals surface area (Å²) >= 11 is 1.96. The molecule has 4 heteroatoms. The average Bonchev–Trinajstić information content (AvgIpc) is 2.33. The van der Waals surface area contributed by atoms with Crippen LogP contribution in [-0.2, 0) is 0 Å². The molecule has 0 saturated carbocycles. The number of anilines is 1. The molecule has 2 aromatic rings. The van der Waals surface area contributed by atoms with Crippen molar-refractivity contribution in [1.82, 2.24) is 0 Å². The summed E-state index contributed by atoms with van der Waals surface area (Å²) in [5, 5.41) is 2.86. The number of nitrogens with one attached hydrogen (secondary N) is 1. The highest BCUT2D eigenvalue weighted by molar-refractivity contribution is 14.1. The van der Waals surface area contributed by atoms with Crippen molar-refractivity contribution in [3.8, 4) is 0 Å². The lowest BCUT2D eigenvalue weighted by Gasteiger charge is -2.10. The van der Waals surface area contributed by atoms with E-state index in [-0.39, 0.29) is 11.7 Å². The highest BCUT2D eigenvalue weighted by Crippen LogP contribution is 2.19. The van der Waals surface area contributed by atoms with E-state index in [1.54, 1.807) is 0 Å². The molecule has 0 fully saturated rings. The highest BCUT2D eigenvalue weighted by atomic mass is 127. The Morgan fingerprint density at radius 2 is 1.89 bits per heavy atom. The van der Waals surface area contributed by atoms with Gasteiger partial charge in [0.15, 0.2) is 0 Å². The molecule has 1 amide bonds. The Kier molecular flexibility index (Phi) is 4.19. The molecule has 0 radical (unpaired) electrons. The van der Waals surface area contributed by atoms with E-state index in [0.29, 0.717) is 9.13 Å². The van der Waals surface area contributed by atoms with Crippen molar-refractivity contribution in [2.24, 2.45) is 0 Å². The SMILES string of the molecule is Cc1ccc(C)c(NC(=O)c2ccc(F)cc2I)c1. The van der Waals surface area contributed by atoms with Crippen LogP contribution in [0.25, 0.3) is 0 Å². The smallest absolute Gasteiger partial charge is 0.256 e. The Balaban J connectivity index is 2.28. The zero-order valence-corrected chi connectivity index (χ0v) is 12.8. The molecule has 0 atom stereocenters. The first-order valence-corrected chi connectivity index (χ1v) is 6.89. The van der Waals surface area contributed by atoms with Gasteiger partial charge in [-0.25, -0.2) is 4.39 Å². The summed E-state index contributed by atoms with van der Waals surface area (Å²) in [7, 11) is 0. The van der Waals surface area contributed by atoms with Gasteiger partial charge in [-0.3, -0.25) is 4.79 Å². The molecule has 0 saturated heterocycles. The Morgan fingerprint density at radius 1 is 1.16 bits per heavy atom. The summed E-state index contributed by atoms with van der Waals surface area (Å²) in [6.07, 6.45) is 0. The Bertz CT molecular complexity index is 640. The van der Waals surface area contributed by atoms with Crippen LogP contribution in [0.4, 0.5) is 10.1 Å². The van der Waals surface area contributed by atoms with Gasteiger partial charge in [0.05, 0.1) is 5.56 Å². The third-order valence-electron chi connectivity index (χ3n) is 2.82. The monoisotopic (exact) mass is 369 g/mol. The average molecular weight is 369 g/mol. The lowest BCUT2D eigenvalue weighted by molar-refractivity contribution is 0.102. The second kappa shape index (κ2) is 5.69. The van der Waals surface area contributed by atoms with Crippen LogP contribution in [0.1, 0.15) is 21.5 Å². The van der Waals surface area contributed by atoms with E-state index in [1.807, 2.05) is 54.6 Å². The summed E-state index contributed by atoms with van der Waals surface area (Å²) in [6.45, 7) is 3.90. The van der Waals surface area contributed by atoms with Crippen LogP contribution in [0.2, 0.25) is 0 Å². The van der Waals surface area contributed by atoms with E-state index in [4.69, 9.17) is 0 Å². The van der Waals surface area contributed by atoms with Gasteiger partial charge in [0, 0.05) is 9.26 Å². The highest BCUT2D eigenvalue weighted by Gasteiger charge is 2.12. The summed E-state index contributed by atoms with van der Waals surface area (Å²) in [5.41, 5.74) is 3.33. The van der Waals surface area contributed by atoms with Crippen LogP contribution < -0.4 is 5.32 Å². The van der Waals surface area contributed by atoms with Crippen LogP contribution in [-0.4, -0.2) is 5.91 Å². The molecule has 2 rings (SSSR count). The number of carbonyl (C=O) groups is 1. The molecule has 0 aliphatic carbocycles. The maximum Gasteiger partial charge on any atom is 0.256 e. The first-order valence-electron chi connectivity index (χ1n) is 5.81. The van der Waals surface area contributed by atoms with Gasteiger partial charge in [-0.1, -0.05) is 12.1 Å². The van der Waals surface area contributed by atoms with Gasteiger partial charge in [0.1, 0.15) is 5.82 Å². The van der Waals surface area contributed by atoms with E-state index in [2.05, 4.69) is 5.32 Å². The normalized spacial score (nSPS) is 10.3. The van der Waals surface area contributed by atoms with Crippen molar-refractivity contribution in [2.45, 2.75) is 13.8 Å². The Hall–Kier alpha value is -1.43. The number of halogens is 2. The zero-order chi connectivity index (χ0) is 14.0. The van der Waals surface area contributed by atoms with Gasteiger partial charge < -0.3 is 5.32 Å². The second-order valence-corrected chi connectivity index (χ2v) is 5.56. The van der Waals surface area contributed by atoms with Crippen LogP contribution in [0, 0.1) is 23.2 Å². The molecule has 0 spiro atoms. The van der Waals surface area contributed by atoms with E-state index in [9.17, 15) is 9.18 Å². The van der Waals surface area contributed by atoms with Crippen LogP contribution in [0.3, 0.4) is 0 Å². The van der Waals surface area contributed by atoms with E-state index in [1.165, 1.54) is 18.2 Å². The minimum atomic E-state index is -0.340. The van der Waals surface area contributed by atoms with Crippen molar-refractivity contribution < 1.29 is 9.18 Å². The first kappa shape index (κ1) is 14.0. The fourth-order valence-electron chi connectivity index (χ4n) is 1.73. The molecular formula is C15H13FINO. The van der Waals surface area contributed by atoms with Crippen molar-refractivity contribution in [3.05, 3.63) is 62.5 Å². The number of carbonyl (C=O) groups excluding carboxylic acids is 1. The first-order chi connectivity index (χ1) is 8.97. The Labute approximate surface area is 125 Å². The number of benzene rings is 2. The van der Waals surface area contributed by atoms with E-state index < -0.39 is 0 Å². The van der Waals surface area contributed by atoms with Gasteiger partial charge in [0.25, 0.3) is 5.91 Å². The van der Waals surface area contributed by atoms with Gasteiger partial charge in [0.2, 0.25) is 0 Å². The fraction of sp³-hybridized carbons (Fsp3) is 0.133. The number of hydrogen-bond donors (Lipinski definition) is 1. The van der Waals surface area contributed by atoms with E-state index in [0.717, 1.165) is 16.8 Å². The molecule has 98 valence electrons. The molecule has 1 N–H and O–H groups in total. The van der Waals surface area contributed by atoms with Gasteiger partial charge in [-0.05, 0) is 71.8 Å². The van der Waals surface area contributed by atoms with E-state index >= 15 is 0 Å². The Morgan fingerprint density at radius 3 is 2.58 bits per heavy atom. The number of aryl methyl sites for hydroxylation is 2. The maximum atomic E-state index is 13.0. The van der Waals surface area contributed by atoms with Gasteiger partial charge in [-0.15, -0.1) is 0 Å². The summed E-state index contributed by atoms with van der Waals surface area (Å²) in [5.74, 6) is -0.564. The second-order valence-electron chi connectivity index (χ2n) is 4.40. The lowest BCUT2D eigenvalue weighted by atomic mass is 10.1. The molecular weight excluding hydrogens is 356 g/mol. The van der Waals surface area contributed by atoms with Crippen LogP contribution in [0.15, 0.2) is 36.4 Å². The predicted octanol–water partition coefficient (Wildman–Crippen LogP) is 4.30. The topological polar surface area (TPSA) is 29.1 Å². The summed E-state index contributed by atoms with van der Waals surface area (Å²) < 4.78 is 13.6. The molecule has 0 heterocycles. The van der Waals surface area contributed by atoms with Gasteiger partial charge in [-0.2, -0.15) is 0 Å².